The highest BCUT2D eigenvalue weighted by atomic mass is 16.2. The largest absolute Gasteiger partial charge is 0.352 e. The van der Waals surface area contributed by atoms with Gasteiger partial charge in [0.25, 0.3) is 0 Å². The Morgan fingerprint density at radius 2 is 1.92 bits per heavy atom. The predicted octanol–water partition coefficient (Wildman–Crippen LogP) is 1.38. The summed E-state index contributed by atoms with van der Waals surface area (Å²) in [5, 5.41) is 6.17. The van der Waals surface area contributed by atoms with Crippen LogP contribution in [0.5, 0.6) is 0 Å². The molecule has 2 N–H and O–H groups in total. The first-order valence-corrected chi connectivity index (χ1v) is 8.65. The summed E-state index contributed by atoms with van der Waals surface area (Å²) < 4.78 is 0. The van der Waals surface area contributed by atoms with Crippen molar-refractivity contribution in [1.82, 2.24) is 15.5 Å². The van der Waals surface area contributed by atoms with Crippen LogP contribution >= 0.6 is 0 Å². The summed E-state index contributed by atoms with van der Waals surface area (Å²) in [6.07, 6.45) is 5.38. The molecule has 3 rings (SSSR count). The number of carbonyl (C=O) groups is 2. The number of benzene rings is 1. The molecule has 1 fully saturated rings. The zero-order chi connectivity index (χ0) is 16.9. The van der Waals surface area contributed by atoms with E-state index in [-0.39, 0.29) is 23.8 Å². The van der Waals surface area contributed by atoms with E-state index in [0.29, 0.717) is 19.6 Å². The van der Waals surface area contributed by atoms with Crippen LogP contribution in [0.1, 0.15) is 24.0 Å². The van der Waals surface area contributed by atoms with Crippen molar-refractivity contribution < 1.29 is 9.59 Å². The molecule has 0 aromatic heterocycles. The fourth-order valence-corrected chi connectivity index (χ4v) is 3.24. The summed E-state index contributed by atoms with van der Waals surface area (Å²) in [6.45, 7) is 4.69. The van der Waals surface area contributed by atoms with E-state index in [9.17, 15) is 9.59 Å². The highest BCUT2D eigenvalue weighted by Gasteiger charge is 2.30. The Balaban J connectivity index is 1.44. The zero-order valence-corrected chi connectivity index (χ0v) is 14.1. The maximum atomic E-state index is 12.3. The fraction of sp³-hybridized carbons (Fsp3) is 0.474. The van der Waals surface area contributed by atoms with Crippen molar-refractivity contribution in [3.8, 4) is 0 Å². The molecule has 5 nitrogen and oxygen atoms in total. The lowest BCUT2D eigenvalue weighted by molar-refractivity contribution is -0.136. The number of nitrogens with one attached hydrogen (secondary N) is 2. The van der Waals surface area contributed by atoms with Gasteiger partial charge < -0.3 is 10.2 Å². The van der Waals surface area contributed by atoms with Crippen LogP contribution in [0.3, 0.4) is 0 Å². The van der Waals surface area contributed by atoms with Crippen molar-refractivity contribution in [2.24, 2.45) is 5.92 Å². The normalized spacial score (nSPS) is 21.0. The van der Waals surface area contributed by atoms with Crippen LogP contribution in [0, 0.1) is 12.8 Å². The topological polar surface area (TPSA) is 61.4 Å². The van der Waals surface area contributed by atoms with Gasteiger partial charge in [-0.2, -0.15) is 0 Å². The molecule has 0 aliphatic carbocycles. The Kier molecular flexibility index (Phi) is 5.30. The van der Waals surface area contributed by atoms with Crippen LogP contribution in [-0.4, -0.2) is 42.4 Å². The van der Waals surface area contributed by atoms with Gasteiger partial charge in [-0.05, 0) is 25.3 Å². The maximum absolute atomic E-state index is 12.3. The number of hydrogen-bond donors (Lipinski definition) is 2. The molecule has 128 valence electrons. The van der Waals surface area contributed by atoms with Crippen LogP contribution in [-0.2, 0) is 16.1 Å². The SMILES string of the molecule is Cc1ccc(CNC(=O)C2CCN(C(=O)[C@@H]3C=CCN3)CC2)cc1. The molecule has 0 bridgehead atoms. The molecule has 2 heterocycles. The third kappa shape index (κ3) is 4.03. The minimum Gasteiger partial charge on any atom is -0.352 e. The van der Waals surface area contributed by atoms with E-state index >= 15 is 0 Å². The molecule has 0 radical (unpaired) electrons. The maximum Gasteiger partial charge on any atom is 0.243 e. The lowest BCUT2D eigenvalue weighted by Crippen LogP contribution is -2.48. The summed E-state index contributed by atoms with van der Waals surface area (Å²) in [5.74, 6) is 0.232. The lowest BCUT2D eigenvalue weighted by Gasteiger charge is -2.32. The molecule has 24 heavy (non-hydrogen) atoms. The second kappa shape index (κ2) is 7.62. The number of nitrogens with zero attached hydrogens (tertiary/aromatic N) is 1. The monoisotopic (exact) mass is 327 g/mol. The molecule has 5 heteroatoms. The first kappa shape index (κ1) is 16.7. The highest BCUT2D eigenvalue weighted by Crippen LogP contribution is 2.19. The van der Waals surface area contributed by atoms with Gasteiger partial charge in [0.05, 0.1) is 0 Å². The summed E-state index contributed by atoms with van der Waals surface area (Å²) in [4.78, 5) is 26.5. The molecule has 1 atom stereocenters. The Morgan fingerprint density at radius 3 is 2.54 bits per heavy atom. The number of rotatable bonds is 4. The molecular weight excluding hydrogens is 302 g/mol. The van der Waals surface area contributed by atoms with Crippen molar-refractivity contribution in [1.29, 1.82) is 0 Å². The molecule has 0 spiro atoms. The van der Waals surface area contributed by atoms with E-state index in [1.165, 1.54) is 5.56 Å². The van der Waals surface area contributed by atoms with E-state index in [1.807, 2.05) is 36.1 Å². The smallest absolute Gasteiger partial charge is 0.243 e. The molecule has 2 amide bonds. The molecular formula is C19H25N3O2. The number of carbonyl (C=O) groups excluding carboxylic acids is 2. The zero-order valence-electron chi connectivity index (χ0n) is 14.1. The number of piperidine rings is 1. The number of amides is 2. The Bertz CT molecular complexity index is 616. The Hall–Kier alpha value is -2.14. The van der Waals surface area contributed by atoms with E-state index in [4.69, 9.17) is 0 Å². The standard InChI is InChI=1S/C19H25N3O2/c1-14-4-6-15(7-5-14)13-21-18(23)16-8-11-22(12-9-16)19(24)17-3-2-10-20-17/h2-7,16-17,20H,8-13H2,1H3,(H,21,23)/t17-/m0/s1. The second-order valence-electron chi connectivity index (χ2n) is 6.62. The van der Waals surface area contributed by atoms with E-state index in [2.05, 4.69) is 22.8 Å². The van der Waals surface area contributed by atoms with Crippen molar-refractivity contribution in [2.45, 2.75) is 32.4 Å². The van der Waals surface area contributed by atoms with E-state index in [1.54, 1.807) is 0 Å². The number of likely N-dealkylation sites (tertiary alicyclic amines) is 1. The Morgan fingerprint density at radius 1 is 1.21 bits per heavy atom. The minimum absolute atomic E-state index is 0.00609. The van der Waals surface area contributed by atoms with Gasteiger partial charge in [0.1, 0.15) is 6.04 Å². The molecule has 0 unspecified atom stereocenters. The van der Waals surface area contributed by atoms with Crippen LogP contribution < -0.4 is 10.6 Å². The lowest BCUT2D eigenvalue weighted by atomic mass is 9.95. The first-order chi connectivity index (χ1) is 11.6. The van der Waals surface area contributed by atoms with Gasteiger partial charge in [-0.15, -0.1) is 0 Å². The summed E-state index contributed by atoms with van der Waals surface area (Å²) in [7, 11) is 0. The van der Waals surface area contributed by atoms with Gasteiger partial charge in [-0.1, -0.05) is 42.0 Å². The van der Waals surface area contributed by atoms with Crippen molar-refractivity contribution in [3.63, 3.8) is 0 Å². The fourth-order valence-electron chi connectivity index (χ4n) is 3.24. The minimum atomic E-state index is -0.183. The van der Waals surface area contributed by atoms with Crippen LogP contribution in [0.15, 0.2) is 36.4 Å². The van der Waals surface area contributed by atoms with Gasteiger partial charge in [0.15, 0.2) is 0 Å². The quantitative estimate of drug-likeness (QED) is 0.821. The summed E-state index contributed by atoms with van der Waals surface area (Å²) in [6, 6.07) is 8.00. The average Bonchev–Trinajstić information content (AvgIpc) is 3.15. The van der Waals surface area contributed by atoms with Gasteiger partial charge in [0.2, 0.25) is 11.8 Å². The van der Waals surface area contributed by atoms with Crippen molar-refractivity contribution in [3.05, 3.63) is 47.5 Å². The van der Waals surface area contributed by atoms with Gasteiger partial charge >= 0.3 is 0 Å². The van der Waals surface area contributed by atoms with Crippen LogP contribution in [0.4, 0.5) is 0 Å². The summed E-state index contributed by atoms with van der Waals surface area (Å²) in [5.41, 5.74) is 2.33. The molecule has 2 aliphatic rings. The predicted molar refractivity (Wildman–Crippen MR) is 93.3 cm³/mol. The van der Waals surface area contributed by atoms with E-state index < -0.39 is 0 Å². The van der Waals surface area contributed by atoms with Crippen LogP contribution in [0.2, 0.25) is 0 Å². The van der Waals surface area contributed by atoms with Crippen molar-refractivity contribution in [2.75, 3.05) is 19.6 Å². The summed E-state index contributed by atoms with van der Waals surface area (Å²) >= 11 is 0. The van der Waals surface area contributed by atoms with Gasteiger partial charge in [-0.25, -0.2) is 0 Å². The highest BCUT2D eigenvalue weighted by molar-refractivity contribution is 5.85. The van der Waals surface area contributed by atoms with E-state index in [0.717, 1.165) is 24.9 Å². The molecule has 1 aromatic carbocycles. The number of hydrogen-bond acceptors (Lipinski definition) is 3. The Labute approximate surface area is 143 Å². The van der Waals surface area contributed by atoms with Gasteiger partial charge in [0, 0.05) is 32.1 Å². The first-order valence-electron chi connectivity index (χ1n) is 8.65. The number of aryl methyl sites for hydroxylation is 1. The van der Waals surface area contributed by atoms with Crippen LogP contribution in [0.25, 0.3) is 0 Å². The molecule has 0 saturated carbocycles. The third-order valence-electron chi connectivity index (χ3n) is 4.81. The second-order valence-corrected chi connectivity index (χ2v) is 6.62. The average molecular weight is 327 g/mol. The third-order valence-corrected chi connectivity index (χ3v) is 4.81. The van der Waals surface area contributed by atoms with Crippen molar-refractivity contribution >= 4 is 11.8 Å². The molecule has 2 aliphatic heterocycles. The molecule has 1 saturated heterocycles. The molecule has 1 aromatic rings. The van der Waals surface area contributed by atoms with Gasteiger partial charge in [-0.3, -0.25) is 14.9 Å².